The van der Waals surface area contributed by atoms with E-state index < -0.39 is 9.84 Å². The van der Waals surface area contributed by atoms with Crippen LogP contribution in [0.2, 0.25) is 0 Å². The second-order valence-electron chi connectivity index (χ2n) is 4.56. The largest absolute Gasteiger partial charge is 0.369 e. The minimum Gasteiger partial charge on any atom is -0.369 e. The van der Waals surface area contributed by atoms with Crippen LogP contribution in [-0.4, -0.2) is 33.0 Å². The van der Waals surface area contributed by atoms with E-state index in [1.165, 1.54) is 5.56 Å². The van der Waals surface area contributed by atoms with Gasteiger partial charge in [-0.1, -0.05) is 25.5 Å². The first kappa shape index (κ1) is 12.4. The van der Waals surface area contributed by atoms with Gasteiger partial charge in [0.1, 0.15) is 0 Å². The Kier molecular flexibility index (Phi) is 3.72. The van der Waals surface area contributed by atoms with Gasteiger partial charge in [-0.15, -0.1) is 0 Å². The molecule has 1 aliphatic rings. The number of benzene rings is 1. The summed E-state index contributed by atoms with van der Waals surface area (Å²) >= 11 is 0. The number of hydrogen-bond acceptors (Lipinski definition) is 3. The Morgan fingerprint density at radius 2 is 1.71 bits per heavy atom. The predicted octanol–water partition coefficient (Wildman–Crippen LogP) is 1.87. The number of sulfone groups is 1. The smallest absolute Gasteiger partial charge is 0.153 e. The van der Waals surface area contributed by atoms with Gasteiger partial charge < -0.3 is 4.90 Å². The molecule has 0 N–H and O–H groups in total. The van der Waals surface area contributed by atoms with Crippen LogP contribution < -0.4 is 4.90 Å². The summed E-state index contributed by atoms with van der Waals surface area (Å²) in [4.78, 5) is 2.15. The molecule has 1 aliphatic heterocycles. The molecule has 0 saturated carbocycles. The van der Waals surface area contributed by atoms with Crippen LogP contribution in [-0.2, 0) is 16.3 Å². The topological polar surface area (TPSA) is 37.4 Å². The molecule has 94 valence electrons. The van der Waals surface area contributed by atoms with Gasteiger partial charge in [-0.3, -0.25) is 0 Å². The Morgan fingerprint density at radius 3 is 2.24 bits per heavy atom. The zero-order chi connectivity index (χ0) is 12.3. The molecule has 0 spiro atoms. The van der Waals surface area contributed by atoms with Crippen LogP contribution in [0.5, 0.6) is 0 Å². The van der Waals surface area contributed by atoms with E-state index >= 15 is 0 Å². The minimum atomic E-state index is -2.78. The van der Waals surface area contributed by atoms with Crippen LogP contribution in [0.1, 0.15) is 18.9 Å². The second-order valence-corrected chi connectivity index (χ2v) is 6.86. The average Bonchev–Trinajstić information content (AvgIpc) is 2.31. The molecule has 2 rings (SSSR count). The lowest BCUT2D eigenvalue weighted by atomic mass is 10.1. The number of nitrogens with zero attached hydrogens (tertiary/aromatic N) is 1. The van der Waals surface area contributed by atoms with E-state index in [0.29, 0.717) is 13.1 Å². The maximum absolute atomic E-state index is 11.3. The Morgan fingerprint density at radius 1 is 1.12 bits per heavy atom. The molecule has 0 bridgehead atoms. The van der Waals surface area contributed by atoms with Gasteiger partial charge in [0.15, 0.2) is 9.84 Å². The highest BCUT2D eigenvalue weighted by atomic mass is 32.2. The predicted molar refractivity (Wildman–Crippen MR) is 71.3 cm³/mol. The van der Waals surface area contributed by atoms with Crippen molar-refractivity contribution in [3.63, 3.8) is 0 Å². The first-order valence-electron chi connectivity index (χ1n) is 6.15. The molecule has 0 amide bonds. The summed E-state index contributed by atoms with van der Waals surface area (Å²) in [6.07, 6.45) is 2.26. The van der Waals surface area contributed by atoms with Gasteiger partial charge in [-0.25, -0.2) is 8.42 Å². The second kappa shape index (κ2) is 5.08. The summed E-state index contributed by atoms with van der Waals surface area (Å²) in [5, 5.41) is 0. The van der Waals surface area contributed by atoms with Crippen LogP contribution in [0.3, 0.4) is 0 Å². The van der Waals surface area contributed by atoms with Gasteiger partial charge >= 0.3 is 0 Å². The van der Waals surface area contributed by atoms with E-state index in [2.05, 4.69) is 36.1 Å². The molecule has 0 atom stereocenters. The number of aryl methyl sites for hydroxylation is 1. The summed E-state index contributed by atoms with van der Waals surface area (Å²) < 4.78 is 22.7. The first-order chi connectivity index (χ1) is 8.11. The van der Waals surface area contributed by atoms with Crippen molar-refractivity contribution >= 4 is 15.5 Å². The lowest BCUT2D eigenvalue weighted by Crippen LogP contribution is -2.40. The van der Waals surface area contributed by atoms with Crippen molar-refractivity contribution in [3.8, 4) is 0 Å². The van der Waals surface area contributed by atoms with Crippen molar-refractivity contribution < 1.29 is 8.42 Å². The van der Waals surface area contributed by atoms with Gasteiger partial charge in [-0.2, -0.15) is 0 Å². The maximum Gasteiger partial charge on any atom is 0.153 e. The van der Waals surface area contributed by atoms with Gasteiger partial charge in [0.2, 0.25) is 0 Å². The number of rotatable bonds is 3. The summed E-state index contributed by atoms with van der Waals surface area (Å²) in [5.74, 6) is 0.563. The standard InChI is InChI=1S/C13H19NO2S/c1-2-3-12-4-6-13(7-5-12)14-8-10-17(15,16)11-9-14/h4-7H,2-3,8-11H2,1H3. The third-order valence-electron chi connectivity index (χ3n) is 3.18. The molecule has 1 aromatic carbocycles. The Bertz CT molecular complexity index is 451. The van der Waals surface area contributed by atoms with Crippen molar-refractivity contribution in [2.45, 2.75) is 19.8 Å². The van der Waals surface area contributed by atoms with E-state index in [0.717, 1.165) is 18.5 Å². The van der Waals surface area contributed by atoms with Gasteiger partial charge in [0.05, 0.1) is 11.5 Å². The summed E-state index contributed by atoms with van der Waals surface area (Å²) in [7, 11) is -2.78. The first-order valence-corrected chi connectivity index (χ1v) is 7.97. The molecule has 0 unspecified atom stereocenters. The van der Waals surface area contributed by atoms with E-state index in [1.54, 1.807) is 0 Å². The molecule has 3 nitrogen and oxygen atoms in total. The van der Waals surface area contributed by atoms with Crippen LogP contribution >= 0.6 is 0 Å². The Hall–Kier alpha value is -1.03. The number of anilines is 1. The molecular weight excluding hydrogens is 234 g/mol. The molecule has 1 aromatic rings. The molecule has 17 heavy (non-hydrogen) atoms. The van der Waals surface area contributed by atoms with Crippen molar-refractivity contribution in [2.24, 2.45) is 0 Å². The molecule has 1 heterocycles. The normalized spacial score (nSPS) is 19.2. The van der Waals surface area contributed by atoms with E-state index in [1.807, 2.05) is 0 Å². The van der Waals surface area contributed by atoms with Crippen LogP contribution in [0.15, 0.2) is 24.3 Å². The molecule has 0 aromatic heterocycles. The molecule has 1 saturated heterocycles. The Balaban J connectivity index is 2.03. The van der Waals surface area contributed by atoms with E-state index in [9.17, 15) is 8.42 Å². The Labute approximate surface area is 103 Å². The highest BCUT2D eigenvalue weighted by molar-refractivity contribution is 7.91. The SMILES string of the molecule is CCCc1ccc(N2CCS(=O)(=O)CC2)cc1. The number of hydrogen-bond donors (Lipinski definition) is 0. The van der Waals surface area contributed by atoms with E-state index in [-0.39, 0.29) is 11.5 Å². The quantitative estimate of drug-likeness (QED) is 0.825. The molecule has 1 fully saturated rings. The zero-order valence-corrected chi connectivity index (χ0v) is 11.0. The lowest BCUT2D eigenvalue weighted by Gasteiger charge is -2.28. The van der Waals surface area contributed by atoms with Crippen molar-refractivity contribution in [1.29, 1.82) is 0 Å². The maximum atomic E-state index is 11.3. The minimum absolute atomic E-state index is 0.281. The van der Waals surface area contributed by atoms with Crippen molar-refractivity contribution in [3.05, 3.63) is 29.8 Å². The fraction of sp³-hybridized carbons (Fsp3) is 0.538. The third kappa shape index (κ3) is 3.22. The highest BCUT2D eigenvalue weighted by Gasteiger charge is 2.21. The van der Waals surface area contributed by atoms with Gasteiger partial charge in [-0.05, 0) is 24.1 Å². The average molecular weight is 253 g/mol. The fourth-order valence-corrected chi connectivity index (χ4v) is 3.33. The van der Waals surface area contributed by atoms with E-state index in [4.69, 9.17) is 0 Å². The molecule has 4 heteroatoms. The summed E-state index contributed by atoms with van der Waals surface area (Å²) in [5.41, 5.74) is 2.49. The van der Waals surface area contributed by atoms with Crippen molar-refractivity contribution in [1.82, 2.24) is 0 Å². The van der Waals surface area contributed by atoms with Gasteiger partial charge in [0.25, 0.3) is 0 Å². The van der Waals surface area contributed by atoms with Crippen LogP contribution in [0.25, 0.3) is 0 Å². The van der Waals surface area contributed by atoms with Crippen LogP contribution in [0.4, 0.5) is 5.69 Å². The zero-order valence-electron chi connectivity index (χ0n) is 10.2. The van der Waals surface area contributed by atoms with Crippen molar-refractivity contribution in [2.75, 3.05) is 29.5 Å². The van der Waals surface area contributed by atoms with Gasteiger partial charge in [0, 0.05) is 18.8 Å². The fourth-order valence-electron chi connectivity index (χ4n) is 2.13. The van der Waals surface area contributed by atoms with Crippen LogP contribution in [0, 0.1) is 0 Å². The monoisotopic (exact) mass is 253 g/mol. The molecule has 0 radical (unpaired) electrons. The third-order valence-corrected chi connectivity index (χ3v) is 4.79. The summed E-state index contributed by atoms with van der Waals surface area (Å²) in [6.45, 7) is 3.41. The summed E-state index contributed by atoms with van der Waals surface area (Å²) in [6, 6.07) is 8.48. The molecular formula is C13H19NO2S. The lowest BCUT2D eigenvalue weighted by molar-refractivity contribution is 0.587. The highest BCUT2D eigenvalue weighted by Crippen LogP contribution is 2.18. The molecule has 0 aliphatic carbocycles.